The highest BCUT2D eigenvalue weighted by atomic mass is 35.5. The van der Waals surface area contributed by atoms with Crippen molar-refractivity contribution in [3.8, 4) is 0 Å². The summed E-state index contributed by atoms with van der Waals surface area (Å²) in [4.78, 5) is 2.95. The maximum atomic E-state index is 12.1. The molecule has 0 radical (unpaired) electrons. The molecule has 0 spiro atoms. The summed E-state index contributed by atoms with van der Waals surface area (Å²) in [5.41, 5.74) is -0.820. The van der Waals surface area contributed by atoms with Gasteiger partial charge in [-0.15, -0.1) is 0 Å². The lowest BCUT2D eigenvalue weighted by Gasteiger charge is -2.08. The lowest BCUT2D eigenvalue weighted by Crippen LogP contribution is -2.05. The number of hydrogen-bond acceptors (Lipinski definition) is 0. The van der Waals surface area contributed by atoms with Crippen molar-refractivity contribution in [1.29, 1.82) is 0 Å². The van der Waals surface area contributed by atoms with Crippen LogP contribution in [0, 0.1) is 6.57 Å². The van der Waals surface area contributed by atoms with Gasteiger partial charge in [-0.25, -0.2) is 4.85 Å². The van der Waals surface area contributed by atoms with Gasteiger partial charge in [0.05, 0.1) is 12.1 Å². The molecule has 0 bridgehead atoms. The first kappa shape index (κ1) is 9.87. The monoisotopic (exact) mass is 205 g/mol. The molecule has 5 heteroatoms. The minimum Gasteiger partial charge on any atom is -0.238 e. The van der Waals surface area contributed by atoms with E-state index in [9.17, 15) is 13.2 Å². The van der Waals surface area contributed by atoms with Crippen LogP contribution in [0.1, 0.15) is 5.56 Å². The average Bonchev–Trinajstić information content (AvgIpc) is 2.01. The number of rotatable bonds is 0. The van der Waals surface area contributed by atoms with E-state index in [2.05, 4.69) is 4.85 Å². The topological polar surface area (TPSA) is 4.36 Å². The summed E-state index contributed by atoms with van der Waals surface area (Å²) in [6, 6.07) is 2.88. The average molecular weight is 206 g/mol. The van der Waals surface area contributed by atoms with Gasteiger partial charge < -0.3 is 0 Å². The predicted octanol–water partition coefficient (Wildman–Crippen LogP) is 3.91. The summed E-state index contributed by atoms with van der Waals surface area (Å²) >= 11 is 5.33. The molecule has 1 rings (SSSR count). The van der Waals surface area contributed by atoms with Gasteiger partial charge in [-0.1, -0.05) is 23.7 Å². The van der Waals surface area contributed by atoms with Crippen LogP contribution >= 0.6 is 11.6 Å². The van der Waals surface area contributed by atoms with Crippen LogP contribution in [0.4, 0.5) is 18.9 Å². The lowest BCUT2D eigenvalue weighted by atomic mass is 10.2. The van der Waals surface area contributed by atoms with Gasteiger partial charge >= 0.3 is 6.18 Å². The van der Waals surface area contributed by atoms with Crippen LogP contribution < -0.4 is 0 Å². The predicted molar refractivity (Wildman–Crippen MR) is 42.7 cm³/mol. The molecule has 1 aromatic rings. The Morgan fingerprint density at radius 3 is 2.31 bits per heavy atom. The van der Waals surface area contributed by atoms with Crippen LogP contribution in [0.15, 0.2) is 18.2 Å². The van der Waals surface area contributed by atoms with Gasteiger partial charge in [0.1, 0.15) is 0 Å². The molecule has 0 N–H and O–H groups in total. The second kappa shape index (κ2) is 3.27. The molecule has 1 aromatic carbocycles. The lowest BCUT2D eigenvalue weighted by molar-refractivity contribution is -0.137. The highest BCUT2D eigenvalue weighted by molar-refractivity contribution is 6.31. The smallest absolute Gasteiger partial charge is 0.238 e. The van der Waals surface area contributed by atoms with E-state index in [1.54, 1.807) is 0 Å². The van der Waals surface area contributed by atoms with Crippen molar-refractivity contribution < 1.29 is 13.2 Å². The Labute approximate surface area is 77.6 Å². The molecule has 0 aliphatic rings. The largest absolute Gasteiger partial charge is 0.417 e. The molecule has 13 heavy (non-hydrogen) atoms. The second-order valence-electron chi connectivity index (χ2n) is 2.27. The molecule has 0 saturated heterocycles. The highest BCUT2D eigenvalue weighted by Gasteiger charge is 2.32. The second-order valence-corrected chi connectivity index (χ2v) is 2.68. The quantitative estimate of drug-likeness (QED) is 0.566. The summed E-state index contributed by atoms with van der Waals surface area (Å²) in [7, 11) is 0. The maximum Gasteiger partial charge on any atom is 0.417 e. The molecular formula is C8H3ClF3N. The number of benzene rings is 1. The van der Waals surface area contributed by atoms with Gasteiger partial charge in [0.25, 0.3) is 0 Å². The van der Waals surface area contributed by atoms with Crippen molar-refractivity contribution in [1.82, 2.24) is 0 Å². The summed E-state index contributed by atoms with van der Waals surface area (Å²) in [6.45, 7) is 6.55. The molecule has 0 aliphatic heterocycles. The molecular weight excluding hydrogens is 203 g/mol. The van der Waals surface area contributed by atoms with Gasteiger partial charge in [0, 0.05) is 5.02 Å². The van der Waals surface area contributed by atoms with Crippen molar-refractivity contribution in [3.05, 3.63) is 40.2 Å². The third kappa shape index (κ3) is 2.13. The zero-order valence-corrected chi connectivity index (χ0v) is 6.95. The first-order valence-electron chi connectivity index (χ1n) is 3.19. The Morgan fingerprint density at radius 1 is 1.31 bits per heavy atom. The number of hydrogen-bond donors (Lipinski definition) is 0. The molecule has 0 amide bonds. The van der Waals surface area contributed by atoms with E-state index >= 15 is 0 Å². The molecule has 68 valence electrons. The van der Waals surface area contributed by atoms with E-state index in [4.69, 9.17) is 18.2 Å². The van der Waals surface area contributed by atoms with Crippen LogP contribution in [0.2, 0.25) is 5.02 Å². The van der Waals surface area contributed by atoms with Gasteiger partial charge in [0.2, 0.25) is 0 Å². The number of alkyl halides is 3. The molecule has 0 heterocycles. The van der Waals surface area contributed by atoms with Gasteiger partial charge in [0.15, 0.2) is 5.69 Å². The summed E-state index contributed by atoms with van der Waals surface area (Å²) in [6.07, 6.45) is -4.46. The molecule has 0 atom stereocenters. The van der Waals surface area contributed by atoms with Crippen molar-refractivity contribution >= 4 is 17.3 Å². The Bertz CT molecular complexity index is 365. The van der Waals surface area contributed by atoms with Crippen LogP contribution in [0.3, 0.4) is 0 Å². The third-order valence-corrected chi connectivity index (χ3v) is 1.70. The maximum absolute atomic E-state index is 12.1. The van der Waals surface area contributed by atoms with Crippen LogP contribution in [0.5, 0.6) is 0 Å². The third-order valence-electron chi connectivity index (χ3n) is 1.39. The van der Waals surface area contributed by atoms with Crippen molar-refractivity contribution in [2.45, 2.75) is 6.18 Å². The SMILES string of the molecule is [C-]#[N+]c1ccc(C(F)(F)F)c(Cl)c1. The van der Waals surface area contributed by atoms with Gasteiger partial charge in [-0.05, 0) is 6.07 Å². The Hall–Kier alpha value is -1.21. The molecule has 0 fully saturated rings. The van der Waals surface area contributed by atoms with E-state index in [-0.39, 0.29) is 5.69 Å². The van der Waals surface area contributed by atoms with Crippen molar-refractivity contribution in [3.63, 3.8) is 0 Å². The molecule has 0 saturated carbocycles. The number of nitrogens with zero attached hydrogens (tertiary/aromatic N) is 1. The van der Waals surface area contributed by atoms with Crippen LogP contribution in [-0.2, 0) is 6.18 Å². The van der Waals surface area contributed by atoms with E-state index in [0.29, 0.717) is 0 Å². The Kier molecular flexibility index (Phi) is 2.48. The van der Waals surface area contributed by atoms with E-state index in [0.717, 1.165) is 18.2 Å². The van der Waals surface area contributed by atoms with E-state index < -0.39 is 16.8 Å². The van der Waals surface area contributed by atoms with Gasteiger partial charge in [-0.3, -0.25) is 0 Å². The first-order chi connectivity index (χ1) is 5.95. The summed E-state index contributed by atoms with van der Waals surface area (Å²) in [5, 5.41) is -0.444. The van der Waals surface area contributed by atoms with Crippen molar-refractivity contribution in [2.24, 2.45) is 0 Å². The van der Waals surface area contributed by atoms with E-state index in [1.807, 2.05) is 0 Å². The van der Waals surface area contributed by atoms with E-state index in [1.165, 1.54) is 0 Å². The Morgan fingerprint density at radius 2 is 1.92 bits per heavy atom. The minimum atomic E-state index is -4.46. The van der Waals surface area contributed by atoms with Crippen molar-refractivity contribution in [2.75, 3.05) is 0 Å². The summed E-state index contributed by atoms with van der Waals surface area (Å²) in [5.74, 6) is 0. The highest BCUT2D eigenvalue weighted by Crippen LogP contribution is 2.36. The fourth-order valence-electron chi connectivity index (χ4n) is 0.803. The zero-order chi connectivity index (χ0) is 10.1. The fraction of sp³-hybridized carbons (Fsp3) is 0.125. The zero-order valence-electron chi connectivity index (χ0n) is 6.19. The normalized spacial score (nSPS) is 11.0. The van der Waals surface area contributed by atoms with Crippen LogP contribution in [-0.4, -0.2) is 0 Å². The van der Waals surface area contributed by atoms with Crippen LogP contribution in [0.25, 0.3) is 4.85 Å². The molecule has 0 unspecified atom stereocenters. The minimum absolute atomic E-state index is 0.0954. The fourth-order valence-corrected chi connectivity index (χ4v) is 1.09. The first-order valence-corrected chi connectivity index (χ1v) is 3.57. The summed E-state index contributed by atoms with van der Waals surface area (Å²) < 4.78 is 36.4. The molecule has 0 aromatic heterocycles. The Balaban J connectivity index is 3.23. The standard InChI is InChI=1S/C8H3ClF3N/c1-13-5-2-3-6(7(9)4-5)8(10,11)12/h2-4H. The van der Waals surface area contributed by atoms with Gasteiger partial charge in [-0.2, -0.15) is 13.2 Å². The molecule has 1 nitrogen and oxygen atoms in total. The molecule has 0 aliphatic carbocycles. The number of halogens is 4.